The molecule has 12 heavy (non-hydrogen) atoms. The molecule has 1 rings (SSSR count). The van der Waals surface area contributed by atoms with Crippen LogP contribution < -0.4 is 0 Å². The molecule has 1 aromatic rings. The molecule has 0 N–H and O–H groups in total. The average Bonchev–Trinajstić information content (AvgIpc) is 1.96. The molecule has 0 aliphatic rings. The summed E-state index contributed by atoms with van der Waals surface area (Å²) in [4.78, 5) is 10.9. The van der Waals surface area contributed by atoms with Gasteiger partial charge in [-0.05, 0) is 48.7 Å². The van der Waals surface area contributed by atoms with Crippen LogP contribution in [0.5, 0.6) is 0 Å². The van der Waals surface area contributed by atoms with Gasteiger partial charge in [0, 0.05) is 10.6 Å². The molecule has 0 aliphatic carbocycles. The third-order valence-electron chi connectivity index (χ3n) is 1.84. The van der Waals surface area contributed by atoms with Gasteiger partial charge in [0.25, 0.3) is 5.24 Å². The second-order valence-corrected chi connectivity index (χ2v) is 3.45. The van der Waals surface area contributed by atoms with Crippen molar-refractivity contribution in [1.82, 2.24) is 0 Å². The molecule has 64 valence electrons. The Morgan fingerprint density at radius 3 is 2.42 bits per heavy atom. The summed E-state index contributed by atoms with van der Waals surface area (Å²) in [6, 6.07) is 3.39. The van der Waals surface area contributed by atoms with Crippen LogP contribution in [0.4, 0.5) is 0 Å². The summed E-state index contributed by atoms with van der Waals surface area (Å²) in [5, 5.41) is 0.0835. The summed E-state index contributed by atoms with van der Waals surface area (Å²) in [5.41, 5.74) is 2.35. The lowest BCUT2D eigenvalue weighted by molar-refractivity contribution is 0.108. The molecule has 0 atom stereocenters. The van der Waals surface area contributed by atoms with Crippen molar-refractivity contribution in [3.63, 3.8) is 0 Å². The van der Waals surface area contributed by atoms with Crippen molar-refractivity contribution in [3.05, 3.63) is 33.8 Å². The van der Waals surface area contributed by atoms with Gasteiger partial charge < -0.3 is 0 Å². The Kier molecular flexibility index (Phi) is 2.76. The van der Waals surface area contributed by atoms with Crippen LogP contribution in [-0.4, -0.2) is 5.24 Å². The standard InChI is InChI=1S/C9H8Cl2O/c1-5-3-7(10)4-8(6(5)2)9(11)12/h3-4H,1-2H3. The Balaban J connectivity index is 3.37. The minimum absolute atomic E-state index is 0.460. The van der Waals surface area contributed by atoms with E-state index in [1.807, 2.05) is 13.8 Å². The third kappa shape index (κ3) is 1.79. The van der Waals surface area contributed by atoms with Crippen LogP contribution in [0.25, 0.3) is 0 Å². The van der Waals surface area contributed by atoms with E-state index < -0.39 is 5.24 Å². The lowest BCUT2D eigenvalue weighted by Crippen LogP contribution is -1.95. The van der Waals surface area contributed by atoms with E-state index in [1.165, 1.54) is 0 Å². The molecule has 1 aromatic carbocycles. The fourth-order valence-electron chi connectivity index (χ4n) is 1.02. The van der Waals surface area contributed by atoms with Gasteiger partial charge in [-0.2, -0.15) is 0 Å². The summed E-state index contributed by atoms with van der Waals surface area (Å²) in [7, 11) is 0. The van der Waals surface area contributed by atoms with Gasteiger partial charge in [-0.15, -0.1) is 0 Å². The van der Waals surface area contributed by atoms with Crippen molar-refractivity contribution in [2.45, 2.75) is 13.8 Å². The van der Waals surface area contributed by atoms with Crippen LogP contribution in [-0.2, 0) is 0 Å². The first kappa shape index (κ1) is 9.56. The van der Waals surface area contributed by atoms with Crippen LogP contribution in [0.2, 0.25) is 5.02 Å². The summed E-state index contributed by atoms with van der Waals surface area (Å²) in [6.45, 7) is 3.74. The lowest BCUT2D eigenvalue weighted by Gasteiger charge is -2.04. The largest absolute Gasteiger partial charge is 0.276 e. The number of hydrogen-bond donors (Lipinski definition) is 0. The number of carbonyl (C=O) groups excluding carboxylic acids is 1. The molecule has 0 fully saturated rings. The minimum atomic E-state index is -0.460. The summed E-state index contributed by atoms with van der Waals surface area (Å²) in [6.07, 6.45) is 0. The van der Waals surface area contributed by atoms with Crippen molar-refractivity contribution >= 4 is 28.4 Å². The quantitative estimate of drug-likeness (QED) is 0.639. The van der Waals surface area contributed by atoms with Crippen LogP contribution in [0.15, 0.2) is 12.1 Å². The Bertz CT molecular complexity index is 332. The fraction of sp³-hybridized carbons (Fsp3) is 0.222. The van der Waals surface area contributed by atoms with Crippen LogP contribution >= 0.6 is 23.2 Å². The molecule has 3 heteroatoms. The van der Waals surface area contributed by atoms with E-state index in [0.29, 0.717) is 10.6 Å². The van der Waals surface area contributed by atoms with E-state index in [1.54, 1.807) is 12.1 Å². The zero-order valence-corrected chi connectivity index (χ0v) is 8.33. The maximum atomic E-state index is 10.9. The molecular weight excluding hydrogens is 195 g/mol. The van der Waals surface area contributed by atoms with E-state index in [4.69, 9.17) is 23.2 Å². The molecule has 0 radical (unpaired) electrons. The second-order valence-electron chi connectivity index (χ2n) is 2.67. The zero-order chi connectivity index (χ0) is 9.30. The maximum absolute atomic E-state index is 10.9. The first-order valence-corrected chi connectivity index (χ1v) is 4.24. The van der Waals surface area contributed by atoms with Crippen molar-refractivity contribution in [2.75, 3.05) is 0 Å². The Morgan fingerprint density at radius 1 is 1.33 bits per heavy atom. The molecule has 0 heterocycles. The molecule has 0 unspecified atom stereocenters. The van der Waals surface area contributed by atoms with Crippen LogP contribution in [0.1, 0.15) is 21.5 Å². The molecule has 0 bridgehead atoms. The number of benzene rings is 1. The number of carbonyl (C=O) groups is 1. The van der Waals surface area contributed by atoms with Gasteiger partial charge in [-0.25, -0.2) is 0 Å². The Morgan fingerprint density at radius 2 is 1.92 bits per heavy atom. The Hall–Kier alpha value is -0.530. The summed E-state index contributed by atoms with van der Waals surface area (Å²) in [5.74, 6) is 0. The van der Waals surface area contributed by atoms with Crippen LogP contribution in [0.3, 0.4) is 0 Å². The van der Waals surface area contributed by atoms with E-state index in [2.05, 4.69) is 0 Å². The maximum Gasteiger partial charge on any atom is 0.252 e. The first-order chi connectivity index (χ1) is 5.52. The first-order valence-electron chi connectivity index (χ1n) is 3.49. The van der Waals surface area contributed by atoms with Crippen molar-refractivity contribution in [3.8, 4) is 0 Å². The van der Waals surface area contributed by atoms with E-state index in [0.717, 1.165) is 11.1 Å². The van der Waals surface area contributed by atoms with Gasteiger partial charge >= 0.3 is 0 Å². The van der Waals surface area contributed by atoms with E-state index >= 15 is 0 Å². The van der Waals surface area contributed by atoms with Crippen molar-refractivity contribution < 1.29 is 4.79 Å². The number of rotatable bonds is 1. The minimum Gasteiger partial charge on any atom is -0.276 e. The molecule has 0 saturated carbocycles. The van der Waals surface area contributed by atoms with Gasteiger partial charge in [0.1, 0.15) is 0 Å². The second kappa shape index (κ2) is 3.46. The smallest absolute Gasteiger partial charge is 0.252 e. The number of halogens is 2. The monoisotopic (exact) mass is 202 g/mol. The highest BCUT2D eigenvalue weighted by molar-refractivity contribution is 6.68. The molecule has 0 amide bonds. The number of aryl methyl sites for hydroxylation is 1. The predicted molar refractivity (Wildman–Crippen MR) is 51.1 cm³/mol. The SMILES string of the molecule is Cc1cc(Cl)cc(C(=O)Cl)c1C. The van der Waals surface area contributed by atoms with Crippen molar-refractivity contribution in [1.29, 1.82) is 0 Å². The summed E-state index contributed by atoms with van der Waals surface area (Å²) < 4.78 is 0. The number of hydrogen-bond acceptors (Lipinski definition) is 1. The topological polar surface area (TPSA) is 17.1 Å². The van der Waals surface area contributed by atoms with Gasteiger partial charge in [-0.3, -0.25) is 4.79 Å². The average molecular weight is 203 g/mol. The Labute approximate surface area is 81.3 Å². The highest BCUT2D eigenvalue weighted by Gasteiger charge is 2.08. The molecule has 0 spiro atoms. The molecular formula is C9H8Cl2O. The molecule has 0 aliphatic heterocycles. The summed E-state index contributed by atoms with van der Waals surface area (Å²) >= 11 is 11.1. The van der Waals surface area contributed by atoms with Crippen molar-refractivity contribution in [2.24, 2.45) is 0 Å². The third-order valence-corrected chi connectivity index (χ3v) is 2.27. The molecule has 0 aromatic heterocycles. The highest BCUT2D eigenvalue weighted by atomic mass is 35.5. The van der Waals surface area contributed by atoms with Crippen LogP contribution in [0, 0.1) is 13.8 Å². The normalized spacial score (nSPS) is 10.0. The van der Waals surface area contributed by atoms with E-state index in [9.17, 15) is 4.79 Å². The molecule has 1 nitrogen and oxygen atoms in total. The molecule has 0 saturated heterocycles. The van der Waals surface area contributed by atoms with Gasteiger partial charge in [0.15, 0.2) is 0 Å². The fourth-order valence-corrected chi connectivity index (χ4v) is 1.49. The predicted octanol–water partition coefficient (Wildman–Crippen LogP) is 3.34. The van der Waals surface area contributed by atoms with Gasteiger partial charge in [-0.1, -0.05) is 11.6 Å². The lowest BCUT2D eigenvalue weighted by atomic mass is 10.0. The highest BCUT2D eigenvalue weighted by Crippen LogP contribution is 2.21. The zero-order valence-electron chi connectivity index (χ0n) is 6.82. The van der Waals surface area contributed by atoms with Gasteiger partial charge in [0.2, 0.25) is 0 Å². The van der Waals surface area contributed by atoms with E-state index in [-0.39, 0.29) is 0 Å². The van der Waals surface area contributed by atoms with Gasteiger partial charge in [0.05, 0.1) is 0 Å².